The molecule has 1 aliphatic carbocycles. The highest BCUT2D eigenvalue weighted by atomic mass is 79.9. The molecule has 0 bridgehead atoms. The summed E-state index contributed by atoms with van der Waals surface area (Å²) < 4.78 is 17.3. The van der Waals surface area contributed by atoms with Crippen LogP contribution in [0.3, 0.4) is 0 Å². The minimum absolute atomic E-state index is 0.0707. The summed E-state index contributed by atoms with van der Waals surface area (Å²) >= 11 is 3.57. The third-order valence-electron chi connectivity index (χ3n) is 5.69. The molecule has 2 aromatic carbocycles. The molecule has 29 heavy (non-hydrogen) atoms. The second kappa shape index (κ2) is 7.59. The molecule has 152 valence electrons. The van der Waals surface area contributed by atoms with Crippen LogP contribution in [0.2, 0.25) is 0 Å². The van der Waals surface area contributed by atoms with Crippen LogP contribution in [-0.2, 0) is 0 Å². The molecule has 1 aliphatic heterocycles. The number of rotatable bonds is 5. The maximum Gasteiger partial charge on any atom is 0.275 e. The molecule has 2 aliphatic rings. The van der Waals surface area contributed by atoms with Gasteiger partial charge in [0, 0.05) is 12.0 Å². The SMILES string of the molecule is COc1ccc([N+](=O)[O-])c2c1N[C@@H](c1cc(Br)c(OC)c(OC)c1)[C@@H]1CC=C[C@@H]21. The molecule has 1 N–H and O–H groups in total. The Hall–Kier alpha value is -2.74. The number of nitro groups is 1. The van der Waals surface area contributed by atoms with E-state index in [1.807, 2.05) is 12.1 Å². The van der Waals surface area contributed by atoms with Crippen molar-refractivity contribution in [2.45, 2.75) is 18.4 Å². The Morgan fingerprint density at radius 3 is 2.55 bits per heavy atom. The van der Waals surface area contributed by atoms with E-state index in [0.29, 0.717) is 28.5 Å². The van der Waals surface area contributed by atoms with Crippen LogP contribution in [-0.4, -0.2) is 26.3 Å². The summed E-state index contributed by atoms with van der Waals surface area (Å²) in [5, 5.41) is 15.2. The first kappa shape index (κ1) is 19.6. The molecule has 3 atom stereocenters. The van der Waals surface area contributed by atoms with Gasteiger partial charge in [-0.1, -0.05) is 12.2 Å². The van der Waals surface area contributed by atoms with E-state index in [0.717, 1.165) is 16.5 Å². The third kappa shape index (κ3) is 3.11. The fraction of sp³-hybridized carbons (Fsp3) is 0.333. The van der Waals surface area contributed by atoms with Crippen LogP contribution >= 0.6 is 15.9 Å². The van der Waals surface area contributed by atoms with Crippen molar-refractivity contribution in [3.8, 4) is 17.2 Å². The van der Waals surface area contributed by atoms with E-state index in [2.05, 4.69) is 33.4 Å². The normalized spacial score (nSPS) is 21.7. The number of nitro benzene ring substituents is 1. The Balaban J connectivity index is 1.88. The summed E-state index contributed by atoms with van der Waals surface area (Å²) in [6.45, 7) is 0. The molecule has 1 heterocycles. The second-order valence-electron chi connectivity index (χ2n) is 7.05. The number of allylic oxidation sites excluding steroid dienone is 2. The highest BCUT2D eigenvalue weighted by Gasteiger charge is 2.43. The van der Waals surface area contributed by atoms with Crippen molar-refractivity contribution in [3.05, 3.63) is 62.1 Å². The van der Waals surface area contributed by atoms with E-state index in [4.69, 9.17) is 14.2 Å². The molecular formula is C21H21BrN2O5. The molecule has 0 fully saturated rings. The van der Waals surface area contributed by atoms with Crippen molar-refractivity contribution in [2.24, 2.45) is 5.92 Å². The van der Waals surface area contributed by atoms with E-state index < -0.39 is 0 Å². The predicted octanol–water partition coefficient (Wildman–Crippen LogP) is 5.21. The highest BCUT2D eigenvalue weighted by Crippen LogP contribution is 2.55. The lowest BCUT2D eigenvalue weighted by Gasteiger charge is -2.38. The first-order chi connectivity index (χ1) is 14.0. The van der Waals surface area contributed by atoms with Crippen molar-refractivity contribution in [1.82, 2.24) is 0 Å². The number of hydrogen-bond donors (Lipinski definition) is 1. The van der Waals surface area contributed by atoms with Crippen molar-refractivity contribution < 1.29 is 19.1 Å². The molecule has 0 spiro atoms. The number of nitrogens with one attached hydrogen (secondary N) is 1. The summed E-state index contributed by atoms with van der Waals surface area (Å²) in [5.74, 6) is 1.91. The lowest BCUT2D eigenvalue weighted by Crippen LogP contribution is -2.30. The van der Waals surface area contributed by atoms with Gasteiger partial charge in [0.25, 0.3) is 5.69 Å². The van der Waals surface area contributed by atoms with Crippen LogP contribution in [0, 0.1) is 16.0 Å². The van der Waals surface area contributed by atoms with Crippen LogP contribution in [0.4, 0.5) is 11.4 Å². The van der Waals surface area contributed by atoms with E-state index in [1.165, 1.54) is 6.07 Å². The van der Waals surface area contributed by atoms with Gasteiger partial charge in [-0.2, -0.15) is 0 Å². The largest absolute Gasteiger partial charge is 0.495 e. The molecule has 0 unspecified atom stereocenters. The Morgan fingerprint density at radius 1 is 1.14 bits per heavy atom. The number of ether oxygens (including phenoxy) is 3. The monoisotopic (exact) mass is 460 g/mol. The van der Waals surface area contributed by atoms with Crippen LogP contribution in [0.15, 0.2) is 40.9 Å². The van der Waals surface area contributed by atoms with Gasteiger partial charge >= 0.3 is 0 Å². The Morgan fingerprint density at radius 2 is 1.90 bits per heavy atom. The number of methoxy groups -OCH3 is 3. The zero-order chi connectivity index (χ0) is 20.7. The average Bonchev–Trinajstić information content (AvgIpc) is 3.21. The molecule has 2 aromatic rings. The first-order valence-electron chi connectivity index (χ1n) is 9.20. The predicted molar refractivity (Wildman–Crippen MR) is 113 cm³/mol. The molecular weight excluding hydrogens is 440 g/mol. The van der Waals surface area contributed by atoms with Crippen LogP contribution in [0.5, 0.6) is 17.2 Å². The van der Waals surface area contributed by atoms with Gasteiger partial charge in [-0.3, -0.25) is 10.1 Å². The smallest absolute Gasteiger partial charge is 0.275 e. The van der Waals surface area contributed by atoms with Crippen molar-refractivity contribution >= 4 is 27.3 Å². The minimum atomic E-state index is -0.323. The summed E-state index contributed by atoms with van der Waals surface area (Å²) in [4.78, 5) is 11.4. The summed E-state index contributed by atoms with van der Waals surface area (Å²) in [7, 11) is 4.77. The molecule has 0 aromatic heterocycles. The van der Waals surface area contributed by atoms with Gasteiger partial charge in [0.2, 0.25) is 0 Å². The molecule has 4 rings (SSSR count). The zero-order valence-electron chi connectivity index (χ0n) is 16.3. The molecule has 7 nitrogen and oxygen atoms in total. The summed E-state index contributed by atoms with van der Waals surface area (Å²) in [5.41, 5.74) is 2.48. The van der Waals surface area contributed by atoms with E-state index in [-0.39, 0.29) is 28.5 Å². The molecule has 0 saturated carbocycles. The quantitative estimate of drug-likeness (QED) is 0.374. The molecule has 0 saturated heterocycles. The van der Waals surface area contributed by atoms with E-state index >= 15 is 0 Å². The maximum absolute atomic E-state index is 11.7. The van der Waals surface area contributed by atoms with E-state index in [1.54, 1.807) is 27.4 Å². The van der Waals surface area contributed by atoms with Crippen LogP contribution in [0.1, 0.15) is 29.5 Å². The van der Waals surface area contributed by atoms with Crippen molar-refractivity contribution in [2.75, 3.05) is 26.6 Å². The Kier molecular flexibility index (Phi) is 5.12. The summed E-state index contributed by atoms with van der Waals surface area (Å²) in [6, 6.07) is 7.05. The van der Waals surface area contributed by atoms with Gasteiger partial charge in [-0.15, -0.1) is 0 Å². The van der Waals surface area contributed by atoms with E-state index in [9.17, 15) is 10.1 Å². The Bertz CT molecular complexity index is 1010. The summed E-state index contributed by atoms with van der Waals surface area (Å²) in [6.07, 6.45) is 4.99. The lowest BCUT2D eigenvalue weighted by molar-refractivity contribution is -0.385. The number of anilines is 1. The Labute approximate surface area is 176 Å². The van der Waals surface area contributed by atoms with Crippen LogP contribution in [0.25, 0.3) is 0 Å². The highest BCUT2D eigenvalue weighted by molar-refractivity contribution is 9.10. The standard InChI is InChI=1S/C21H21BrN2O5/c1-27-16-8-7-15(24(25)26)18-12-5-4-6-13(12)19(23-20(16)18)11-9-14(22)21(29-3)17(10-11)28-2/h4-5,7-10,12-13,19,23H,6H2,1-3H3/t12-,13-,19+/m1/s1. The number of hydrogen-bond acceptors (Lipinski definition) is 6. The number of fused-ring (bicyclic) bond motifs is 3. The topological polar surface area (TPSA) is 82.9 Å². The molecule has 0 amide bonds. The zero-order valence-corrected chi connectivity index (χ0v) is 17.9. The third-order valence-corrected chi connectivity index (χ3v) is 6.28. The molecule has 0 radical (unpaired) electrons. The van der Waals surface area contributed by atoms with Gasteiger partial charge in [0.1, 0.15) is 5.75 Å². The van der Waals surface area contributed by atoms with Gasteiger partial charge < -0.3 is 19.5 Å². The van der Waals surface area contributed by atoms with Gasteiger partial charge in [-0.05, 0) is 52.0 Å². The fourth-order valence-electron chi connectivity index (χ4n) is 4.44. The van der Waals surface area contributed by atoms with Gasteiger partial charge in [-0.25, -0.2) is 0 Å². The second-order valence-corrected chi connectivity index (χ2v) is 7.90. The van der Waals surface area contributed by atoms with Crippen molar-refractivity contribution in [3.63, 3.8) is 0 Å². The number of benzene rings is 2. The lowest BCUT2D eigenvalue weighted by atomic mass is 9.76. The maximum atomic E-state index is 11.7. The average molecular weight is 461 g/mol. The minimum Gasteiger partial charge on any atom is -0.495 e. The van der Waals surface area contributed by atoms with Gasteiger partial charge in [0.05, 0.1) is 48.0 Å². The van der Waals surface area contributed by atoms with Crippen LogP contribution < -0.4 is 19.5 Å². The first-order valence-corrected chi connectivity index (χ1v) is 9.99. The number of nitrogens with zero attached hydrogens (tertiary/aromatic N) is 1. The number of halogens is 1. The molecule has 8 heteroatoms. The van der Waals surface area contributed by atoms with Gasteiger partial charge in [0.15, 0.2) is 11.5 Å². The van der Waals surface area contributed by atoms with Crippen molar-refractivity contribution in [1.29, 1.82) is 0 Å². The fourth-order valence-corrected chi connectivity index (χ4v) is 5.06.